The molecule has 0 aliphatic rings. The number of hydrogen-bond donors (Lipinski definition) is 3. The molecule has 1 aromatic rings. The minimum atomic E-state index is -0.746. The van der Waals surface area contributed by atoms with Crippen LogP contribution in [0.5, 0.6) is 0 Å². The number of rotatable bonds is 6. The van der Waals surface area contributed by atoms with Crippen LogP contribution in [0.2, 0.25) is 10.0 Å². The topological polar surface area (TPSA) is 52.5 Å². The van der Waals surface area contributed by atoms with Crippen LogP contribution >= 0.6 is 23.2 Å². The fourth-order valence-corrected chi connectivity index (χ4v) is 2.08. The first-order chi connectivity index (χ1) is 8.45. The Morgan fingerprint density at radius 3 is 2.50 bits per heavy atom. The Kier molecular flexibility index (Phi) is 6.39. The van der Waals surface area contributed by atoms with E-state index in [0.29, 0.717) is 22.2 Å². The predicted molar refractivity (Wildman–Crippen MR) is 75.1 cm³/mol. The molecule has 5 heteroatoms. The maximum Gasteiger partial charge on any atom is 0.0929 e. The van der Waals surface area contributed by atoms with E-state index in [2.05, 4.69) is 5.32 Å². The van der Waals surface area contributed by atoms with Gasteiger partial charge in [-0.15, -0.1) is 0 Å². The number of aliphatic hydroxyl groups excluding tert-OH is 2. The van der Waals surface area contributed by atoms with Gasteiger partial charge in [0.05, 0.1) is 12.7 Å². The molecule has 102 valence electrons. The van der Waals surface area contributed by atoms with Crippen molar-refractivity contribution in [2.24, 2.45) is 5.92 Å². The molecule has 18 heavy (non-hydrogen) atoms. The largest absolute Gasteiger partial charge is 0.395 e. The first kappa shape index (κ1) is 15.7. The van der Waals surface area contributed by atoms with E-state index in [1.165, 1.54) is 0 Å². The molecule has 2 atom stereocenters. The van der Waals surface area contributed by atoms with Gasteiger partial charge in [0.2, 0.25) is 0 Å². The summed E-state index contributed by atoms with van der Waals surface area (Å²) < 4.78 is 0. The zero-order chi connectivity index (χ0) is 13.7. The summed E-state index contributed by atoms with van der Waals surface area (Å²) >= 11 is 11.9. The number of benzene rings is 1. The highest BCUT2D eigenvalue weighted by molar-refractivity contribution is 6.33. The summed E-state index contributed by atoms with van der Waals surface area (Å²) in [4.78, 5) is 0. The summed E-state index contributed by atoms with van der Waals surface area (Å²) in [6, 6.07) is 4.95. The summed E-state index contributed by atoms with van der Waals surface area (Å²) in [5.41, 5.74) is 0.595. The highest BCUT2D eigenvalue weighted by atomic mass is 35.5. The number of hydrogen-bond acceptors (Lipinski definition) is 3. The summed E-state index contributed by atoms with van der Waals surface area (Å²) in [7, 11) is 0. The normalized spacial score (nSPS) is 14.8. The zero-order valence-electron chi connectivity index (χ0n) is 10.5. The van der Waals surface area contributed by atoms with Gasteiger partial charge in [-0.2, -0.15) is 0 Å². The van der Waals surface area contributed by atoms with Crippen molar-refractivity contribution >= 4 is 23.2 Å². The quantitative estimate of drug-likeness (QED) is 0.755. The molecule has 1 rings (SSSR count). The Morgan fingerprint density at radius 2 is 1.94 bits per heavy atom. The van der Waals surface area contributed by atoms with Crippen molar-refractivity contribution in [3.05, 3.63) is 33.8 Å². The third-order valence-electron chi connectivity index (χ3n) is 2.89. The summed E-state index contributed by atoms with van der Waals surface area (Å²) in [6.45, 7) is 4.37. The molecule has 0 aromatic heterocycles. The molecule has 0 amide bonds. The molecule has 0 saturated carbocycles. The lowest BCUT2D eigenvalue weighted by atomic mass is 10.0. The van der Waals surface area contributed by atoms with Gasteiger partial charge in [-0.1, -0.05) is 37.0 Å². The Labute approximate surface area is 118 Å². The van der Waals surface area contributed by atoms with E-state index in [1.54, 1.807) is 18.2 Å². The van der Waals surface area contributed by atoms with Gasteiger partial charge in [0.1, 0.15) is 0 Å². The van der Waals surface area contributed by atoms with Crippen LogP contribution in [0.4, 0.5) is 0 Å². The van der Waals surface area contributed by atoms with Crippen molar-refractivity contribution in [2.45, 2.75) is 26.0 Å². The second-order valence-corrected chi connectivity index (χ2v) is 5.47. The Balaban J connectivity index is 2.65. The molecule has 0 spiro atoms. The van der Waals surface area contributed by atoms with Gasteiger partial charge in [0.25, 0.3) is 0 Å². The van der Waals surface area contributed by atoms with Crippen molar-refractivity contribution in [2.75, 3.05) is 13.2 Å². The van der Waals surface area contributed by atoms with Crippen LogP contribution in [0.15, 0.2) is 18.2 Å². The molecule has 2 unspecified atom stereocenters. The lowest BCUT2D eigenvalue weighted by molar-refractivity contribution is 0.148. The van der Waals surface area contributed by atoms with E-state index in [1.807, 2.05) is 13.8 Å². The monoisotopic (exact) mass is 291 g/mol. The number of halogens is 2. The smallest absolute Gasteiger partial charge is 0.0929 e. The van der Waals surface area contributed by atoms with Crippen LogP contribution in [0, 0.1) is 5.92 Å². The van der Waals surface area contributed by atoms with Crippen molar-refractivity contribution in [3.63, 3.8) is 0 Å². The van der Waals surface area contributed by atoms with Gasteiger partial charge in [-0.05, 0) is 24.1 Å². The van der Waals surface area contributed by atoms with Crippen LogP contribution in [-0.4, -0.2) is 29.4 Å². The molecule has 3 nitrogen and oxygen atoms in total. The molecule has 0 aliphatic heterocycles. The third-order valence-corrected chi connectivity index (χ3v) is 3.47. The number of aliphatic hydroxyl groups is 2. The highest BCUT2D eigenvalue weighted by Crippen LogP contribution is 2.26. The van der Waals surface area contributed by atoms with E-state index in [0.717, 1.165) is 0 Å². The van der Waals surface area contributed by atoms with Crippen LogP contribution in [0.25, 0.3) is 0 Å². The maximum atomic E-state index is 10.1. The molecule has 0 saturated heterocycles. The molecule has 0 radical (unpaired) electrons. The first-order valence-electron chi connectivity index (χ1n) is 5.93. The van der Waals surface area contributed by atoms with E-state index in [-0.39, 0.29) is 18.6 Å². The second kappa shape index (κ2) is 7.31. The van der Waals surface area contributed by atoms with Crippen LogP contribution in [-0.2, 0) is 0 Å². The standard InChI is InChI=1S/C13H19Cl2NO2/c1-8(2)12(7-17)16-6-13(18)10-5-9(14)3-4-11(10)15/h3-5,8,12-13,16-18H,6-7H2,1-2H3. The number of nitrogens with one attached hydrogen (secondary N) is 1. The molecular weight excluding hydrogens is 273 g/mol. The van der Waals surface area contributed by atoms with Crippen molar-refractivity contribution < 1.29 is 10.2 Å². The molecule has 0 heterocycles. The predicted octanol–water partition coefficient (Wildman–Crippen LogP) is 2.63. The van der Waals surface area contributed by atoms with Gasteiger partial charge < -0.3 is 15.5 Å². The van der Waals surface area contributed by atoms with Crippen LogP contribution < -0.4 is 5.32 Å². The molecular formula is C13H19Cl2NO2. The maximum absolute atomic E-state index is 10.1. The average Bonchev–Trinajstić information content (AvgIpc) is 2.32. The second-order valence-electron chi connectivity index (χ2n) is 4.62. The third kappa shape index (κ3) is 4.41. The van der Waals surface area contributed by atoms with Gasteiger partial charge in [0, 0.05) is 28.2 Å². The summed E-state index contributed by atoms with van der Waals surface area (Å²) in [5, 5.41) is 23.4. The van der Waals surface area contributed by atoms with Crippen LogP contribution in [0.3, 0.4) is 0 Å². The first-order valence-corrected chi connectivity index (χ1v) is 6.68. The van der Waals surface area contributed by atoms with Crippen molar-refractivity contribution in [1.82, 2.24) is 5.32 Å². The van der Waals surface area contributed by atoms with E-state index >= 15 is 0 Å². The SMILES string of the molecule is CC(C)C(CO)NCC(O)c1cc(Cl)ccc1Cl. The molecule has 0 aliphatic carbocycles. The van der Waals surface area contributed by atoms with Gasteiger partial charge in [-0.25, -0.2) is 0 Å². The minimum Gasteiger partial charge on any atom is -0.395 e. The fourth-order valence-electron chi connectivity index (χ4n) is 1.65. The van der Waals surface area contributed by atoms with E-state index in [4.69, 9.17) is 23.2 Å². The van der Waals surface area contributed by atoms with Crippen LogP contribution in [0.1, 0.15) is 25.5 Å². The Hall–Kier alpha value is -0.320. The Bertz CT molecular complexity index is 385. The van der Waals surface area contributed by atoms with Crippen molar-refractivity contribution in [3.8, 4) is 0 Å². The lowest BCUT2D eigenvalue weighted by Crippen LogP contribution is -2.39. The zero-order valence-corrected chi connectivity index (χ0v) is 12.0. The molecule has 0 bridgehead atoms. The fraction of sp³-hybridized carbons (Fsp3) is 0.538. The van der Waals surface area contributed by atoms with Crippen molar-refractivity contribution in [1.29, 1.82) is 0 Å². The minimum absolute atomic E-state index is 0.0354. The van der Waals surface area contributed by atoms with Gasteiger partial charge in [0.15, 0.2) is 0 Å². The molecule has 1 aromatic carbocycles. The summed E-state index contributed by atoms with van der Waals surface area (Å²) in [5.74, 6) is 0.289. The summed E-state index contributed by atoms with van der Waals surface area (Å²) in [6.07, 6.45) is -0.746. The molecule has 3 N–H and O–H groups in total. The van der Waals surface area contributed by atoms with Gasteiger partial charge in [-0.3, -0.25) is 0 Å². The van der Waals surface area contributed by atoms with E-state index in [9.17, 15) is 10.2 Å². The average molecular weight is 292 g/mol. The highest BCUT2D eigenvalue weighted by Gasteiger charge is 2.16. The lowest BCUT2D eigenvalue weighted by Gasteiger charge is -2.22. The van der Waals surface area contributed by atoms with E-state index < -0.39 is 6.10 Å². The van der Waals surface area contributed by atoms with Gasteiger partial charge >= 0.3 is 0 Å². The molecule has 0 fully saturated rings. The Morgan fingerprint density at radius 1 is 1.28 bits per heavy atom.